The second-order valence-electron chi connectivity index (χ2n) is 10.7. The van der Waals surface area contributed by atoms with Gasteiger partial charge in [-0.2, -0.15) is 0 Å². The van der Waals surface area contributed by atoms with Crippen molar-refractivity contribution in [2.75, 3.05) is 44.8 Å². The molecule has 1 aliphatic heterocycles. The number of nitrogens with zero attached hydrogens (tertiary/aromatic N) is 2. The smallest absolute Gasteiger partial charge is 0.120 e. The molecule has 1 atom stereocenters. The maximum atomic E-state index is 9.90. The van der Waals surface area contributed by atoms with E-state index in [0.717, 1.165) is 57.0 Å². The van der Waals surface area contributed by atoms with Crippen LogP contribution >= 0.6 is 0 Å². The number of likely N-dealkylation sites (tertiary alicyclic amines) is 1. The fourth-order valence-corrected chi connectivity index (χ4v) is 6.03. The minimum atomic E-state index is 0.364. The molecule has 1 heterocycles. The van der Waals surface area contributed by atoms with Crippen LogP contribution in [-0.2, 0) is 19.4 Å². The Kier molecular flexibility index (Phi) is 8.75. The highest BCUT2D eigenvalue weighted by Gasteiger charge is 2.24. The molecule has 0 radical (unpaired) electrons. The highest BCUT2D eigenvalue weighted by atomic mass is 16.5. The number of methoxy groups -OCH3 is 1. The summed E-state index contributed by atoms with van der Waals surface area (Å²) < 4.78 is 11.7. The van der Waals surface area contributed by atoms with Gasteiger partial charge in [0.15, 0.2) is 0 Å². The first-order valence-corrected chi connectivity index (χ1v) is 14.3. The number of hydrogen-bond donors (Lipinski definition) is 1. The molecule has 202 valence electrons. The van der Waals surface area contributed by atoms with Gasteiger partial charge in [0.05, 0.1) is 7.11 Å². The molecular formula is C33H42N2O3. The summed E-state index contributed by atoms with van der Waals surface area (Å²) in [6.45, 7) is 8.14. The number of aromatic hydroxyl groups is 1. The number of phenolic OH excluding ortho intramolecular Hbond substituents is 1. The Bertz CT molecular complexity index is 1190. The Balaban J connectivity index is 1.27. The number of benzene rings is 3. The van der Waals surface area contributed by atoms with E-state index < -0.39 is 0 Å². The Morgan fingerprint density at radius 3 is 2.47 bits per heavy atom. The number of fused-ring (bicyclic) bond motifs is 1. The molecule has 3 aromatic rings. The summed E-state index contributed by atoms with van der Waals surface area (Å²) in [5, 5.41) is 9.90. The van der Waals surface area contributed by atoms with E-state index in [1.54, 1.807) is 7.11 Å². The van der Waals surface area contributed by atoms with E-state index in [2.05, 4.69) is 65.3 Å². The first kappa shape index (κ1) is 26.4. The summed E-state index contributed by atoms with van der Waals surface area (Å²) in [5.41, 5.74) is 6.53. The highest BCUT2D eigenvalue weighted by molar-refractivity contribution is 5.60. The predicted molar refractivity (Wildman–Crippen MR) is 155 cm³/mol. The molecule has 38 heavy (non-hydrogen) atoms. The number of aryl methyl sites for hydroxylation is 1. The van der Waals surface area contributed by atoms with Gasteiger partial charge in [0.25, 0.3) is 0 Å². The molecule has 0 saturated carbocycles. The van der Waals surface area contributed by atoms with Crippen molar-refractivity contribution in [3.8, 4) is 17.2 Å². The average molecular weight is 515 g/mol. The average Bonchev–Trinajstić information content (AvgIpc) is 2.96. The predicted octanol–water partition coefficient (Wildman–Crippen LogP) is 6.56. The summed E-state index contributed by atoms with van der Waals surface area (Å²) in [7, 11) is 1.74. The van der Waals surface area contributed by atoms with Crippen molar-refractivity contribution in [1.82, 2.24) is 4.90 Å². The van der Waals surface area contributed by atoms with Crippen LogP contribution in [0.2, 0.25) is 0 Å². The van der Waals surface area contributed by atoms with Crippen LogP contribution in [0.3, 0.4) is 0 Å². The molecule has 5 nitrogen and oxygen atoms in total. The van der Waals surface area contributed by atoms with Crippen molar-refractivity contribution in [2.45, 2.75) is 57.9 Å². The summed E-state index contributed by atoms with van der Waals surface area (Å²) in [6.07, 6.45) is 7.06. The fourth-order valence-electron chi connectivity index (χ4n) is 6.03. The molecule has 0 spiro atoms. The van der Waals surface area contributed by atoms with Crippen LogP contribution in [0, 0.1) is 0 Å². The molecular weight excluding hydrogens is 472 g/mol. The molecule has 1 aliphatic carbocycles. The van der Waals surface area contributed by atoms with Gasteiger partial charge in [0.1, 0.15) is 23.9 Å². The number of rotatable bonds is 10. The minimum absolute atomic E-state index is 0.364. The Morgan fingerprint density at radius 2 is 1.71 bits per heavy atom. The van der Waals surface area contributed by atoms with Crippen molar-refractivity contribution in [1.29, 1.82) is 0 Å². The lowest BCUT2D eigenvalue weighted by Crippen LogP contribution is -2.33. The van der Waals surface area contributed by atoms with Crippen molar-refractivity contribution in [3.63, 3.8) is 0 Å². The lowest BCUT2D eigenvalue weighted by atomic mass is 9.79. The molecule has 5 heteroatoms. The van der Waals surface area contributed by atoms with E-state index in [4.69, 9.17) is 9.47 Å². The number of ether oxygens (including phenoxy) is 2. The van der Waals surface area contributed by atoms with E-state index in [0.29, 0.717) is 11.7 Å². The van der Waals surface area contributed by atoms with E-state index in [-0.39, 0.29) is 0 Å². The molecule has 1 N–H and O–H groups in total. The van der Waals surface area contributed by atoms with E-state index >= 15 is 0 Å². The highest BCUT2D eigenvalue weighted by Crippen LogP contribution is 2.40. The molecule has 2 aliphatic rings. The Morgan fingerprint density at radius 1 is 0.921 bits per heavy atom. The monoisotopic (exact) mass is 514 g/mol. The maximum absolute atomic E-state index is 9.90. The molecule has 0 amide bonds. The lowest BCUT2D eigenvalue weighted by Gasteiger charge is -2.32. The summed E-state index contributed by atoms with van der Waals surface area (Å²) in [6, 6.07) is 21.0. The van der Waals surface area contributed by atoms with E-state index in [1.165, 1.54) is 60.3 Å². The Hall–Kier alpha value is -3.18. The van der Waals surface area contributed by atoms with Gasteiger partial charge in [-0.3, -0.25) is 4.90 Å². The zero-order chi connectivity index (χ0) is 26.3. The lowest BCUT2D eigenvalue weighted by molar-refractivity contribution is 0.183. The summed E-state index contributed by atoms with van der Waals surface area (Å²) in [4.78, 5) is 4.97. The molecule has 0 bridgehead atoms. The number of anilines is 1. The zero-order valence-corrected chi connectivity index (χ0v) is 23.0. The SMILES string of the molecule is CCN(Cc1ccc(OCCN2CCCCC2)cc1)c1cc(OC)ccc1[C@@H]1CCc2cc(O)ccc2C1. The molecule has 1 fully saturated rings. The standard InChI is InChI=1S/C33H42N2O3/c1-3-35(24-25-7-13-30(14-8-25)38-20-19-34-17-5-4-6-18-34)33-23-31(37-2)15-16-32(33)28-10-9-27-22-29(36)12-11-26(27)21-28/h7-8,11-16,22-23,28,36H,3-6,9-10,17-21,24H2,1-2H3/t28-/m1/s1. The third-order valence-corrected chi connectivity index (χ3v) is 8.24. The zero-order valence-electron chi connectivity index (χ0n) is 23.0. The molecule has 1 saturated heterocycles. The fraction of sp³-hybridized carbons (Fsp3) is 0.455. The van der Waals surface area contributed by atoms with Gasteiger partial charge in [0, 0.05) is 31.4 Å². The van der Waals surface area contributed by atoms with Crippen LogP contribution in [0.15, 0.2) is 60.7 Å². The van der Waals surface area contributed by atoms with Gasteiger partial charge in [-0.25, -0.2) is 0 Å². The topological polar surface area (TPSA) is 45.2 Å². The Labute approximate surface area is 228 Å². The van der Waals surface area contributed by atoms with Crippen LogP contribution in [0.25, 0.3) is 0 Å². The summed E-state index contributed by atoms with van der Waals surface area (Å²) >= 11 is 0. The van der Waals surface area contributed by atoms with Crippen LogP contribution in [0.1, 0.15) is 60.8 Å². The molecule has 5 rings (SSSR count). The minimum Gasteiger partial charge on any atom is -0.508 e. The van der Waals surface area contributed by atoms with Crippen LogP contribution in [-0.4, -0.2) is 49.9 Å². The van der Waals surface area contributed by atoms with Crippen LogP contribution < -0.4 is 14.4 Å². The van der Waals surface area contributed by atoms with Gasteiger partial charge in [-0.1, -0.05) is 30.7 Å². The first-order valence-electron chi connectivity index (χ1n) is 14.3. The van der Waals surface area contributed by atoms with Crippen molar-refractivity contribution < 1.29 is 14.6 Å². The van der Waals surface area contributed by atoms with E-state index in [1.807, 2.05) is 12.1 Å². The van der Waals surface area contributed by atoms with Gasteiger partial charge >= 0.3 is 0 Å². The first-order chi connectivity index (χ1) is 18.6. The third-order valence-electron chi connectivity index (χ3n) is 8.24. The molecule has 0 aromatic heterocycles. The second-order valence-corrected chi connectivity index (χ2v) is 10.7. The maximum Gasteiger partial charge on any atom is 0.120 e. The quantitative estimate of drug-likeness (QED) is 0.332. The normalized spacial score (nSPS) is 17.6. The number of phenols is 1. The molecule has 3 aromatic carbocycles. The third kappa shape index (κ3) is 6.44. The number of piperidine rings is 1. The summed E-state index contributed by atoms with van der Waals surface area (Å²) in [5.74, 6) is 2.64. The van der Waals surface area contributed by atoms with E-state index in [9.17, 15) is 5.11 Å². The van der Waals surface area contributed by atoms with Gasteiger partial charge in [-0.05, 0) is 111 Å². The largest absolute Gasteiger partial charge is 0.508 e. The van der Waals surface area contributed by atoms with Gasteiger partial charge in [-0.15, -0.1) is 0 Å². The molecule has 0 unspecified atom stereocenters. The van der Waals surface area contributed by atoms with Gasteiger partial charge < -0.3 is 19.5 Å². The van der Waals surface area contributed by atoms with Crippen molar-refractivity contribution >= 4 is 5.69 Å². The van der Waals surface area contributed by atoms with Crippen LogP contribution in [0.5, 0.6) is 17.2 Å². The van der Waals surface area contributed by atoms with Crippen LogP contribution in [0.4, 0.5) is 5.69 Å². The van der Waals surface area contributed by atoms with Crippen molar-refractivity contribution in [3.05, 3.63) is 82.9 Å². The second kappa shape index (κ2) is 12.6. The van der Waals surface area contributed by atoms with Crippen molar-refractivity contribution in [2.24, 2.45) is 0 Å². The number of hydrogen-bond acceptors (Lipinski definition) is 5. The van der Waals surface area contributed by atoms with Gasteiger partial charge in [0.2, 0.25) is 0 Å².